The van der Waals surface area contributed by atoms with Crippen LogP contribution in [0.5, 0.6) is 0 Å². The summed E-state index contributed by atoms with van der Waals surface area (Å²) in [6, 6.07) is 11.0. The fourth-order valence-corrected chi connectivity index (χ4v) is 3.90. The lowest BCUT2D eigenvalue weighted by molar-refractivity contribution is 0.332. The largest absolute Gasteiger partial charge is 0.392 e. The van der Waals surface area contributed by atoms with Gasteiger partial charge in [0.1, 0.15) is 5.41 Å². The summed E-state index contributed by atoms with van der Waals surface area (Å²) in [5.41, 5.74) is 6.39. The lowest BCUT2D eigenvalue weighted by atomic mass is 9.62. The average Bonchev–Trinajstić information content (AvgIpc) is 2.68. The van der Waals surface area contributed by atoms with Crippen LogP contribution in [0.4, 0.5) is 0 Å². The summed E-state index contributed by atoms with van der Waals surface area (Å²) < 4.78 is 0. The van der Waals surface area contributed by atoms with Crippen LogP contribution in [0, 0.1) is 28.1 Å². The van der Waals surface area contributed by atoms with Crippen LogP contribution >= 0.6 is 24.8 Å². The molecule has 1 aliphatic heterocycles. The van der Waals surface area contributed by atoms with Gasteiger partial charge in [-0.3, -0.25) is 9.97 Å². The van der Waals surface area contributed by atoms with Crippen molar-refractivity contribution in [3.63, 3.8) is 0 Å². The van der Waals surface area contributed by atoms with Gasteiger partial charge < -0.3 is 11.1 Å². The fraction of sp³-hybridized carbons (Fsp3) is 0.167. The standard InChI is InChI=1S/C18H14N6S2/c19-7-13-14(11-3-1-5-22-8-11)18(10-20,17(21)26)15(24-16(13)25)12-4-2-6-23-9-12/h1-6,8-9,14-15,24-25H,(H2,21,26). The Balaban J connectivity index is 2.34. The first-order chi connectivity index (χ1) is 12.6. The summed E-state index contributed by atoms with van der Waals surface area (Å²) in [6.07, 6.45) is 6.51. The quantitative estimate of drug-likeness (QED) is 0.555. The summed E-state index contributed by atoms with van der Waals surface area (Å²) in [6.45, 7) is 0. The summed E-state index contributed by atoms with van der Waals surface area (Å²) in [5.74, 6) is -0.706. The van der Waals surface area contributed by atoms with Gasteiger partial charge in [0.05, 0.1) is 39.7 Å². The zero-order chi connectivity index (χ0) is 18.7. The van der Waals surface area contributed by atoms with Gasteiger partial charge in [-0.05, 0) is 23.3 Å². The predicted octanol–water partition coefficient (Wildman–Crippen LogP) is 2.37. The third-order valence-corrected chi connectivity index (χ3v) is 5.19. The Labute approximate surface area is 161 Å². The lowest BCUT2D eigenvalue weighted by Crippen LogP contribution is -2.52. The normalized spacial score (nSPS) is 24.9. The molecule has 128 valence electrons. The molecule has 1 aliphatic rings. The Morgan fingerprint density at radius 3 is 2.27 bits per heavy atom. The third kappa shape index (κ3) is 2.70. The molecule has 0 aliphatic carbocycles. The van der Waals surface area contributed by atoms with E-state index in [1.165, 1.54) is 0 Å². The molecule has 0 aromatic carbocycles. The summed E-state index contributed by atoms with van der Waals surface area (Å²) in [5, 5.41) is 23.5. The van der Waals surface area contributed by atoms with Crippen molar-refractivity contribution in [1.82, 2.24) is 15.3 Å². The van der Waals surface area contributed by atoms with Gasteiger partial charge in [0.25, 0.3) is 0 Å². The summed E-state index contributed by atoms with van der Waals surface area (Å²) in [7, 11) is 0. The Morgan fingerprint density at radius 1 is 1.19 bits per heavy atom. The van der Waals surface area contributed by atoms with Crippen molar-refractivity contribution in [3.05, 3.63) is 70.8 Å². The second-order valence-electron chi connectivity index (χ2n) is 5.80. The van der Waals surface area contributed by atoms with Gasteiger partial charge in [-0.15, -0.1) is 12.6 Å². The van der Waals surface area contributed by atoms with Crippen molar-refractivity contribution in [3.8, 4) is 12.1 Å². The van der Waals surface area contributed by atoms with E-state index in [-0.39, 0.29) is 10.6 Å². The molecular formula is C18H14N6S2. The zero-order valence-corrected chi connectivity index (χ0v) is 15.2. The van der Waals surface area contributed by atoms with Gasteiger partial charge in [-0.2, -0.15) is 10.5 Å². The molecule has 0 fully saturated rings. The van der Waals surface area contributed by atoms with Crippen molar-refractivity contribution in [2.75, 3.05) is 0 Å². The van der Waals surface area contributed by atoms with Gasteiger partial charge in [0, 0.05) is 24.8 Å². The monoisotopic (exact) mass is 378 g/mol. The van der Waals surface area contributed by atoms with Crippen LogP contribution in [0.3, 0.4) is 0 Å². The number of hydrogen-bond acceptors (Lipinski definition) is 7. The topological polar surface area (TPSA) is 111 Å². The fourth-order valence-electron chi connectivity index (χ4n) is 3.31. The predicted molar refractivity (Wildman–Crippen MR) is 104 cm³/mol. The molecule has 0 saturated carbocycles. The highest BCUT2D eigenvalue weighted by Gasteiger charge is 2.55. The maximum absolute atomic E-state index is 10.2. The van der Waals surface area contributed by atoms with Crippen LogP contribution in [-0.2, 0) is 0 Å². The van der Waals surface area contributed by atoms with Gasteiger partial charge >= 0.3 is 0 Å². The first-order valence-electron chi connectivity index (χ1n) is 7.67. The van der Waals surface area contributed by atoms with E-state index in [4.69, 9.17) is 18.0 Å². The second-order valence-corrected chi connectivity index (χ2v) is 6.69. The summed E-state index contributed by atoms with van der Waals surface area (Å²) >= 11 is 9.79. The maximum Gasteiger partial charge on any atom is 0.143 e. The van der Waals surface area contributed by atoms with Crippen molar-refractivity contribution < 1.29 is 0 Å². The van der Waals surface area contributed by atoms with Gasteiger partial charge in [0.2, 0.25) is 0 Å². The maximum atomic E-state index is 10.2. The molecule has 3 unspecified atom stereocenters. The first-order valence-corrected chi connectivity index (χ1v) is 8.52. The van der Waals surface area contributed by atoms with Crippen LogP contribution in [0.2, 0.25) is 0 Å². The molecule has 26 heavy (non-hydrogen) atoms. The number of nitriles is 2. The van der Waals surface area contributed by atoms with Crippen LogP contribution < -0.4 is 11.1 Å². The van der Waals surface area contributed by atoms with Crippen molar-refractivity contribution in [1.29, 1.82) is 10.5 Å². The number of aromatic nitrogens is 2. The average molecular weight is 378 g/mol. The van der Waals surface area contributed by atoms with E-state index >= 15 is 0 Å². The molecule has 8 heteroatoms. The highest BCUT2D eigenvalue weighted by atomic mass is 32.1. The molecule has 2 aromatic heterocycles. The zero-order valence-electron chi connectivity index (χ0n) is 13.5. The molecule has 3 heterocycles. The highest BCUT2D eigenvalue weighted by Crippen LogP contribution is 2.53. The Hall–Kier alpha value is -2.94. The number of nitrogens with one attached hydrogen (secondary N) is 1. The van der Waals surface area contributed by atoms with E-state index in [9.17, 15) is 10.5 Å². The minimum absolute atomic E-state index is 0.0104. The number of nitrogens with two attached hydrogens (primary N) is 1. The van der Waals surface area contributed by atoms with Crippen molar-refractivity contribution in [2.24, 2.45) is 11.1 Å². The minimum Gasteiger partial charge on any atom is -0.392 e. The van der Waals surface area contributed by atoms with Crippen molar-refractivity contribution in [2.45, 2.75) is 12.0 Å². The molecular weight excluding hydrogens is 364 g/mol. The number of allylic oxidation sites excluding steroid dienone is 1. The number of rotatable bonds is 3. The molecule has 0 saturated heterocycles. The third-order valence-electron chi connectivity index (χ3n) is 4.48. The van der Waals surface area contributed by atoms with Crippen LogP contribution in [-0.4, -0.2) is 15.0 Å². The Kier molecular flexibility index (Phi) is 4.90. The van der Waals surface area contributed by atoms with Gasteiger partial charge in [0.15, 0.2) is 0 Å². The number of pyridine rings is 2. The van der Waals surface area contributed by atoms with Crippen LogP contribution in [0.25, 0.3) is 0 Å². The molecule has 0 bridgehead atoms. The Bertz CT molecular complexity index is 945. The number of thiol groups is 1. The van der Waals surface area contributed by atoms with E-state index in [2.05, 4.69) is 40.1 Å². The van der Waals surface area contributed by atoms with E-state index in [0.717, 1.165) is 5.56 Å². The van der Waals surface area contributed by atoms with E-state index < -0.39 is 17.4 Å². The molecule has 3 atom stereocenters. The van der Waals surface area contributed by atoms with Gasteiger partial charge in [-0.1, -0.05) is 24.4 Å². The lowest BCUT2D eigenvalue weighted by Gasteiger charge is -2.45. The van der Waals surface area contributed by atoms with Crippen molar-refractivity contribution >= 4 is 29.8 Å². The Morgan fingerprint density at radius 2 is 1.81 bits per heavy atom. The molecule has 0 amide bonds. The second kappa shape index (κ2) is 7.12. The van der Waals surface area contributed by atoms with Crippen LogP contribution in [0.1, 0.15) is 23.1 Å². The molecule has 0 radical (unpaired) electrons. The molecule has 0 spiro atoms. The molecule has 2 aromatic rings. The van der Waals surface area contributed by atoms with E-state index in [1.54, 1.807) is 43.0 Å². The highest BCUT2D eigenvalue weighted by molar-refractivity contribution is 7.84. The number of nitrogens with zero attached hydrogens (tertiary/aromatic N) is 4. The summed E-state index contributed by atoms with van der Waals surface area (Å²) in [4.78, 5) is 8.25. The molecule has 3 N–H and O–H groups in total. The van der Waals surface area contributed by atoms with E-state index in [0.29, 0.717) is 10.6 Å². The smallest absolute Gasteiger partial charge is 0.143 e. The number of hydrogen-bond donors (Lipinski definition) is 3. The molecule has 6 nitrogen and oxygen atoms in total. The van der Waals surface area contributed by atoms with Gasteiger partial charge in [-0.25, -0.2) is 0 Å². The van der Waals surface area contributed by atoms with Crippen LogP contribution in [0.15, 0.2) is 59.7 Å². The molecule has 3 rings (SSSR count). The van der Waals surface area contributed by atoms with E-state index in [1.807, 2.05) is 6.07 Å². The minimum atomic E-state index is -1.39. The number of thiocarbonyl (C=S) groups is 1. The SMILES string of the molecule is N#CC1=C(S)NC(c2cccnc2)C(C#N)(C(N)=S)C1c1cccnc1. The first kappa shape index (κ1) is 17.9.